The molecule has 0 bridgehead atoms. The molecule has 2 aromatic carbocycles. The first-order valence-electron chi connectivity index (χ1n) is 8.24. The maximum absolute atomic E-state index is 12.9. The Kier molecular flexibility index (Phi) is 4.50. The van der Waals surface area contributed by atoms with Crippen molar-refractivity contribution in [3.8, 4) is 28.7 Å². The lowest BCUT2D eigenvalue weighted by molar-refractivity contribution is -0.137. The molecule has 0 unspecified atom stereocenters. The van der Waals surface area contributed by atoms with Crippen molar-refractivity contribution < 1.29 is 17.7 Å². The van der Waals surface area contributed by atoms with E-state index in [-0.39, 0.29) is 23.1 Å². The molecular formula is C18H12ClF3N6O. The van der Waals surface area contributed by atoms with Crippen LogP contribution in [0, 0.1) is 6.92 Å². The molecule has 0 atom stereocenters. The average Bonchev–Trinajstić information content (AvgIpc) is 3.27. The highest BCUT2D eigenvalue weighted by Gasteiger charge is 2.33. The summed E-state index contributed by atoms with van der Waals surface area (Å²) in [5.41, 5.74) is 7.15. The van der Waals surface area contributed by atoms with E-state index < -0.39 is 16.8 Å². The zero-order valence-electron chi connectivity index (χ0n) is 14.8. The number of aromatic nitrogens is 5. The summed E-state index contributed by atoms with van der Waals surface area (Å²) in [5, 5.41) is 11.2. The number of anilines is 1. The summed E-state index contributed by atoms with van der Waals surface area (Å²) in [6.07, 6.45) is -4.57. The molecule has 0 spiro atoms. The highest BCUT2D eigenvalue weighted by molar-refractivity contribution is 6.31. The van der Waals surface area contributed by atoms with Crippen molar-refractivity contribution in [1.82, 2.24) is 25.1 Å². The Hall–Kier alpha value is -3.40. The minimum absolute atomic E-state index is 0.0146. The SMILES string of the molecule is Cc1ccccc1-c1noc(-c2nnn(-c3ccc(C(F)(F)F)c(Cl)c3)c2N)n1. The van der Waals surface area contributed by atoms with Gasteiger partial charge >= 0.3 is 6.18 Å². The second-order valence-corrected chi connectivity index (χ2v) is 6.54. The number of nitrogen functional groups attached to an aromatic ring is 1. The number of rotatable bonds is 3. The van der Waals surface area contributed by atoms with Gasteiger partial charge in [0, 0.05) is 5.56 Å². The summed E-state index contributed by atoms with van der Waals surface area (Å²) in [6, 6.07) is 10.6. The summed E-state index contributed by atoms with van der Waals surface area (Å²) in [6.45, 7) is 1.91. The topological polar surface area (TPSA) is 95.7 Å². The molecule has 29 heavy (non-hydrogen) atoms. The van der Waals surface area contributed by atoms with Crippen LogP contribution < -0.4 is 5.73 Å². The third-order valence-electron chi connectivity index (χ3n) is 4.22. The third-order valence-corrected chi connectivity index (χ3v) is 4.53. The zero-order chi connectivity index (χ0) is 20.8. The van der Waals surface area contributed by atoms with E-state index in [0.29, 0.717) is 5.82 Å². The number of aryl methyl sites for hydroxylation is 1. The van der Waals surface area contributed by atoms with Crippen LogP contribution in [-0.4, -0.2) is 25.1 Å². The Morgan fingerprint density at radius 2 is 1.90 bits per heavy atom. The predicted molar refractivity (Wildman–Crippen MR) is 99.2 cm³/mol. The van der Waals surface area contributed by atoms with Gasteiger partial charge in [-0.15, -0.1) is 5.10 Å². The minimum atomic E-state index is -4.57. The summed E-state index contributed by atoms with van der Waals surface area (Å²) < 4.78 is 45.0. The zero-order valence-corrected chi connectivity index (χ0v) is 15.5. The standard InChI is InChI=1S/C18H12ClF3N6O/c1-9-4-2-3-5-11(9)16-24-17(29-26-16)14-15(23)28(27-25-14)10-6-7-12(13(19)8-10)18(20,21)22/h2-8H,23H2,1H3. The van der Waals surface area contributed by atoms with Gasteiger partial charge in [-0.25, -0.2) is 0 Å². The van der Waals surface area contributed by atoms with E-state index in [1.807, 2.05) is 31.2 Å². The monoisotopic (exact) mass is 420 g/mol. The van der Waals surface area contributed by atoms with Crippen molar-refractivity contribution in [1.29, 1.82) is 0 Å². The van der Waals surface area contributed by atoms with Crippen LogP contribution in [-0.2, 0) is 6.18 Å². The maximum Gasteiger partial charge on any atom is 0.417 e. The van der Waals surface area contributed by atoms with Crippen LogP contribution in [0.2, 0.25) is 5.02 Å². The number of hydrogen-bond donors (Lipinski definition) is 1. The molecule has 0 aliphatic carbocycles. The van der Waals surface area contributed by atoms with Crippen LogP contribution in [0.15, 0.2) is 47.0 Å². The Morgan fingerprint density at radius 3 is 2.59 bits per heavy atom. The lowest BCUT2D eigenvalue weighted by Gasteiger charge is -2.10. The molecule has 4 aromatic rings. The molecule has 0 fully saturated rings. The molecule has 11 heteroatoms. The number of nitrogens with zero attached hydrogens (tertiary/aromatic N) is 5. The summed E-state index contributed by atoms with van der Waals surface area (Å²) in [4.78, 5) is 4.29. The van der Waals surface area contributed by atoms with Gasteiger partial charge in [-0.05, 0) is 30.7 Å². The minimum Gasteiger partial charge on any atom is -0.382 e. The van der Waals surface area contributed by atoms with E-state index in [2.05, 4.69) is 20.5 Å². The highest BCUT2D eigenvalue weighted by atomic mass is 35.5. The Bertz CT molecular complexity index is 1200. The average molecular weight is 421 g/mol. The normalized spacial score (nSPS) is 11.8. The molecule has 2 aromatic heterocycles. The fourth-order valence-electron chi connectivity index (χ4n) is 2.75. The first kappa shape index (κ1) is 18.9. The van der Waals surface area contributed by atoms with Crippen LogP contribution in [0.5, 0.6) is 0 Å². The van der Waals surface area contributed by atoms with Gasteiger partial charge in [0.15, 0.2) is 11.5 Å². The van der Waals surface area contributed by atoms with Crippen LogP contribution in [0.4, 0.5) is 19.0 Å². The van der Waals surface area contributed by atoms with E-state index in [9.17, 15) is 13.2 Å². The van der Waals surface area contributed by atoms with Gasteiger partial charge in [0.2, 0.25) is 5.82 Å². The van der Waals surface area contributed by atoms with E-state index in [1.54, 1.807) is 0 Å². The Morgan fingerprint density at radius 1 is 1.14 bits per heavy atom. The van der Waals surface area contributed by atoms with Crippen molar-refractivity contribution in [2.75, 3.05) is 5.73 Å². The maximum atomic E-state index is 12.9. The quantitative estimate of drug-likeness (QED) is 0.522. The second kappa shape index (κ2) is 6.89. The highest BCUT2D eigenvalue weighted by Crippen LogP contribution is 2.36. The Labute approximate surface area is 166 Å². The lowest BCUT2D eigenvalue weighted by Crippen LogP contribution is -2.08. The molecule has 4 rings (SSSR count). The first-order valence-corrected chi connectivity index (χ1v) is 8.62. The van der Waals surface area contributed by atoms with Crippen molar-refractivity contribution >= 4 is 17.4 Å². The molecule has 7 nitrogen and oxygen atoms in total. The molecule has 0 aliphatic rings. The van der Waals surface area contributed by atoms with Crippen LogP contribution in [0.1, 0.15) is 11.1 Å². The number of halogens is 4. The van der Waals surface area contributed by atoms with Crippen LogP contribution in [0.25, 0.3) is 28.7 Å². The molecule has 2 N–H and O–H groups in total. The van der Waals surface area contributed by atoms with Gasteiger partial charge in [0.05, 0.1) is 16.3 Å². The van der Waals surface area contributed by atoms with E-state index in [0.717, 1.165) is 27.9 Å². The van der Waals surface area contributed by atoms with Gasteiger partial charge < -0.3 is 10.3 Å². The van der Waals surface area contributed by atoms with E-state index >= 15 is 0 Å². The smallest absolute Gasteiger partial charge is 0.382 e. The molecule has 0 saturated carbocycles. The van der Waals surface area contributed by atoms with Crippen molar-refractivity contribution in [3.63, 3.8) is 0 Å². The summed E-state index contributed by atoms with van der Waals surface area (Å²) in [7, 11) is 0. The van der Waals surface area contributed by atoms with E-state index in [4.69, 9.17) is 21.9 Å². The number of nitrogens with two attached hydrogens (primary N) is 1. The van der Waals surface area contributed by atoms with Crippen molar-refractivity contribution in [2.24, 2.45) is 0 Å². The van der Waals surface area contributed by atoms with Gasteiger partial charge in [0.1, 0.15) is 0 Å². The predicted octanol–water partition coefficient (Wildman–Crippen LogP) is 4.55. The summed E-state index contributed by atoms with van der Waals surface area (Å²) in [5.74, 6) is 0.399. The van der Waals surface area contributed by atoms with Crippen molar-refractivity contribution in [3.05, 3.63) is 58.6 Å². The molecule has 0 amide bonds. The fourth-order valence-corrected chi connectivity index (χ4v) is 3.03. The molecule has 148 valence electrons. The summed E-state index contributed by atoms with van der Waals surface area (Å²) >= 11 is 5.76. The fraction of sp³-hybridized carbons (Fsp3) is 0.111. The largest absolute Gasteiger partial charge is 0.417 e. The molecule has 2 heterocycles. The molecule has 0 radical (unpaired) electrons. The Balaban J connectivity index is 1.70. The number of benzene rings is 2. The number of alkyl halides is 3. The number of hydrogen-bond acceptors (Lipinski definition) is 6. The third kappa shape index (κ3) is 3.42. The van der Waals surface area contributed by atoms with E-state index in [1.165, 1.54) is 6.07 Å². The lowest BCUT2D eigenvalue weighted by atomic mass is 10.1. The first-order chi connectivity index (χ1) is 13.8. The van der Waals surface area contributed by atoms with Gasteiger partial charge in [0.25, 0.3) is 5.89 Å². The van der Waals surface area contributed by atoms with Crippen molar-refractivity contribution in [2.45, 2.75) is 13.1 Å². The van der Waals surface area contributed by atoms with Crippen LogP contribution in [0.3, 0.4) is 0 Å². The molecule has 0 aliphatic heterocycles. The molecular weight excluding hydrogens is 409 g/mol. The molecule has 0 saturated heterocycles. The van der Waals surface area contributed by atoms with Crippen LogP contribution >= 0.6 is 11.6 Å². The second-order valence-electron chi connectivity index (χ2n) is 6.14. The van der Waals surface area contributed by atoms with Gasteiger partial charge in [-0.2, -0.15) is 22.8 Å². The van der Waals surface area contributed by atoms with Gasteiger partial charge in [-0.3, -0.25) is 0 Å². The van der Waals surface area contributed by atoms with Gasteiger partial charge in [-0.1, -0.05) is 46.2 Å².